The molecule has 0 atom stereocenters. The normalized spacial score (nSPS) is 10.4. The fourth-order valence-electron chi connectivity index (χ4n) is 2.28. The molecule has 3 rings (SSSR count). The number of furan rings is 1. The Kier molecular flexibility index (Phi) is 5.07. The minimum atomic E-state index is -0.638. The molecule has 2 aromatic heterocycles. The molecular weight excluding hydrogens is 344 g/mol. The molecule has 26 heavy (non-hydrogen) atoms. The molecule has 0 unspecified atom stereocenters. The lowest BCUT2D eigenvalue weighted by atomic mass is 10.1. The molecule has 0 amide bonds. The Hall–Kier alpha value is -3.49. The lowest BCUT2D eigenvalue weighted by molar-refractivity contribution is 0.0434. The van der Waals surface area contributed by atoms with Crippen LogP contribution in [-0.2, 0) is 11.3 Å². The van der Waals surface area contributed by atoms with E-state index < -0.39 is 5.97 Å². The number of methoxy groups -OCH3 is 3. The first-order valence-electron chi connectivity index (χ1n) is 7.50. The predicted octanol–water partition coefficient (Wildman–Crippen LogP) is 2.71. The highest BCUT2D eigenvalue weighted by molar-refractivity contribution is 5.94. The lowest BCUT2D eigenvalue weighted by Gasteiger charge is -2.14. The number of ether oxygens (including phenoxy) is 4. The van der Waals surface area contributed by atoms with Gasteiger partial charge in [0.05, 0.1) is 27.6 Å². The second-order valence-electron chi connectivity index (χ2n) is 4.94. The summed E-state index contributed by atoms with van der Waals surface area (Å²) in [4.78, 5) is 12.4. The first-order chi connectivity index (χ1) is 12.7. The third kappa shape index (κ3) is 3.32. The molecule has 0 radical (unpaired) electrons. The van der Waals surface area contributed by atoms with Gasteiger partial charge in [-0.25, -0.2) is 4.79 Å². The molecule has 0 aliphatic heterocycles. The summed E-state index contributed by atoms with van der Waals surface area (Å²) in [5.41, 5.74) is 0.177. The molecule has 9 heteroatoms. The van der Waals surface area contributed by atoms with Gasteiger partial charge >= 0.3 is 5.97 Å². The number of nitrogens with zero attached hydrogens (tertiary/aromatic N) is 2. The Morgan fingerprint density at radius 1 is 1.04 bits per heavy atom. The van der Waals surface area contributed by atoms with Crippen LogP contribution in [-0.4, -0.2) is 37.5 Å². The van der Waals surface area contributed by atoms with Crippen molar-refractivity contribution in [2.24, 2.45) is 0 Å². The van der Waals surface area contributed by atoms with Gasteiger partial charge in [0, 0.05) is 0 Å². The Morgan fingerprint density at radius 3 is 2.50 bits per heavy atom. The van der Waals surface area contributed by atoms with Gasteiger partial charge in [-0.1, -0.05) is 0 Å². The highest BCUT2D eigenvalue weighted by atomic mass is 16.6. The molecular formula is C17H16N2O7. The van der Waals surface area contributed by atoms with Crippen LogP contribution < -0.4 is 14.2 Å². The molecule has 0 fully saturated rings. The maximum atomic E-state index is 12.4. The fourth-order valence-corrected chi connectivity index (χ4v) is 2.28. The molecule has 1 aromatic carbocycles. The molecule has 0 aliphatic carbocycles. The van der Waals surface area contributed by atoms with Gasteiger partial charge in [0.25, 0.3) is 11.8 Å². The van der Waals surface area contributed by atoms with Gasteiger partial charge in [0.2, 0.25) is 5.75 Å². The maximum absolute atomic E-state index is 12.4. The number of carbonyl (C=O) groups is 1. The molecule has 0 N–H and O–H groups in total. The van der Waals surface area contributed by atoms with Gasteiger partial charge in [-0.15, -0.1) is 10.2 Å². The van der Waals surface area contributed by atoms with E-state index >= 15 is 0 Å². The molecule has 9 nitrogen and oxygen atoms in total. The summed E-state index contributed by atoms with van der Waals surface area (Å²) in [6, 6.07) is 6.48. The van der Waals surface area contributed by atoms with Gasteiger partial charge in [0.15, 0.2) is 23.9 Å². The van der Waals surface area contributed by atoms with E-state index in [0.29, 0.717) is 17.3 Å². The van der Waals surface area contributed by atoms with Crippen LogP contribution in [0, 0.1) is 0 Å². The maximum Gasteiger partial charge on any atom is 0.342 e. The van der Waals surface area contributed by atoms with Crippen LogP contribution in [0.15, 0.2) is 39.4 Å². The van der Waals surface area contributed by atoms with Gasteiger partial charge < -0.3 is 27.8 Å². The highest BCUT2D eigenvalue weighted by Crippen LogP contribution is 2.40. The van der Waals surface area contributed by atoms with E-state index in [1.807, 2.05) is 0 Å². The number of esters is 1. The quantitative estimate of drug-likeness (QED) is 0.588. The van der Waals surface area contributed by atoms with Crippen molar-refractivity contribution < 1.29 is 32.6 Å². The Balaban J connectivity index is 1.74. The molecule has 0 saturated carbocycles. The van der Waals surface area contributed by atoms with Crippen LogP contribution in [0.4, 0.5) is 0 Å². The minimum Gasteiger partial charge on any atom is -0.493 e. The lowest BCUT2D eigenvalue weighted by Crippen LogP contribution is -2.09. The number of rotatable bonds is 7. The largest absolute Gasteiger partial charge is 0.493 e. The van der Waals surface area contributed by atoms with Gasteiger partial charge in [-0.3, -0.25) is 0 Å². The van der Waals surface area contributed by atoms with Crippen molar-refractivity contribution in [2.45, 2.75) is 6.61 Å². The van der Waals surface area contributed by atoms with Crippen molar-refractivity contribution in [3.63, 3.8) is 0 Å². The van der Waals surface area contributed by atoms with Gasteiger partial charge in [0.1, 0.15) is 5.56 Å². The standard InChI is InChI=1S/C17H16N2O7/c1-21-11-7-6-10(14(22-2)15(11)23-3)17(20)25-9-13-18-19-16(26-13)12-5-4-8-24-12/h4-8H,9H2,1-3H3. The van der Waals surface area contributed by atoms with E-state index in [-0.39, 0.29) is 29.7 Å². The SMILES string of the molecule is COc1ccc(C(=O)OCc2nnc(-c3ccco3)o2)c(OC)c1OC. The number of hydrogen-bond donors (Lipinski definition) is 0. The predicted molar refractivity (Wildman–Crippen MR) is 87.2 cm³/mol. The molecule has 0 spiro atoms. The number of aromatic nitrogens is 2. The van der Waals surface area contributed by atoms with Gasteiger partial charge in [-0.05, 0) is 24.3 Å². The zero-order chi connectivity index (χ0) is 18.5. The third-order valence-corrected chi connectivity index (χ3v) is 3.45. The summed E-state index contributed by atoms with van der Waals surface area (Å²) < 4.78 is 31.5. The number of carbonyl (C=O) groups excluding carboxylic acids is 1. The Bertz CT molecular complexity index is 887. The van der Waals surface area contributed by atoms with Crippen molar-refractivity contribution >= 4 is 5.97 Å². The highest BCUT2D eigenvalue weighted by Gasteiger charge is 2.22. The van der Waals surface area contributed by atoms with Crippen molar-refractivity contribution in [1.82, 2.24) is 10.2 Å². The van der Waals surface area contributed by atoms with Crippen molar-refractivity contribution in [3.8, 4) is 28.9 Å². The summed E-state index contributed by atoms with van der Waals surface area (Å²) in [7, 11) is 4.35. The molecule has 2 heterocycles. The van der Waals surface area contributed by atoms with Crippen LogP contribution in [0.2, 0.25) is 0 Å². The average molecular weight is 360 g/mol. The summed E-state index contributed by atoms with van der Waals surface area (Å²) in [5, 5.41) is 7.64. The second-order valence-corrected chi connectivity index (χ2v) is 4.94. The van der Waals surface area contributed by atoms with Crippen molar-refractivity contribution in [3.05, 3.63) is 42.0 Å². The third-order valence-electron chi connectivity index (χ3n) is 3.45. The molecule has 0 bridgehead atoms. The van der Waals surface area contributed by atoms with Crippen LogP contribution in [0.1, 0.15) is 16.2 Å². The Morgan fingerprint density at radius 2 is 1.85 bits per heavy atom. The van der Waals surface area contributed by atoms with Crippen LogP contribution in [0.3, 0.4) is 0 Å². The summed E-state index contributed by atoms with van der Waals surface area (Å²) in [5.74, 6) is 1.05. The van der Waals surface area contributed by atoms with Crippen LogP contribution in [0.25, 0.3) is 11.7 Å². The van der Waals surface area contributed by atoms with E-state index in [0.717, 1.165) is 0 Å². The fraction of sp³-hybridized carbons (Fsp3) is 0.235. The van der Waals surface area contributed by atoms with Crippen molar-refractivity contribution in [2.75, 3.05) is 21.3 Å². The van der Waals surface area contributed by atoms with Crippen LogP contribution in [0.5, 0.6) is 17.2 Å². The zero-order valence-electron chi connectivity index (χ0n) is 14.3. The molecule has 0 aliphatic rings. The molecule has 3 aromatic rings. The summed E-state index contributed by atoms with van der Waals surface area (Å²) in [6.45, 7) is -0.204. The Labute approximate surface area is 148 Å². The smallest absolute Gasteiger partial charge is 0.342 e. The van der Waals surface area contributed by atoms with Gasteiger partial charge in [-0.2, -0.15) is 0 Å². The molecule has 136 valence electrons. The van der Waals surface area contributed by atoms with E-state index in [1.165, 1.54) is 33.7 Å². The van der Waals surface area contributed by atoms with E-state index in [2.05, 4.69) is 10.2 Å². The minimum absolute atomic E-state index is 0.129. The first kappa shape index (κ1) is 17.3. The number of hydrogen-bond acceptors (Lipinski definition) is 9. The summed E-state index contributed by atoms with van der Waals surface area (Å²) in [6.07, 6.45) is 1.49. The van der Waals surface area contributed by atoms with E-state index in [1.54, 1.807) is 18.2 Å². The molecule has 0 saturated heterocycles. The van der Waals surface area contributed by atoms with Crippen LogP contribution >= 0.6 is 0 Å². The second kappa shape index (κ2) is 7.60. The number of benzene rings is 1. The van der Waals surface area contributed by atoms with E-state index in [4.69, 9.17) is 27.8 Å². The van der Waals surface area contributed by atoms with Crippen molar-refractivity contribution in [1.29, 1.82) is 0 Å². The zero-order valence-corrected chi connectivity index (χ0v) is 14.3. The average Bonchev–Trinajstić information content (AvgIpc) is 3.35. The summed E-state index contributed by atoms with van der Waals surface area (Å²) >= 11 is 0. The monoisotopic (exact) mass is 360 g/mol. The topological polar surface area (TPSA) is 106 Å². The first-order valence-corrected chi connectivity index (χ1v) is 7.50. The van der Waals surface area contributed by atoms with E-state index in [9.17, 15) is 4.79 Å².